The SMILES string of the molecule is CCCCCCCCCCCCCCCCCC/C=C/C(O)C(CO)NC(=O)CCCCCCCCCCCCCCC/C=C\CCCCCCCCCCCCCCOC(=O)CCCCCCCCCCCCCCCC. The van der Waals surface area contributed by atoms with Gasteiger partial charge in [-0.3, -0.25) is 9.59 Å². The van der Waals surface area contributed by atoms with Crippen molar-refractivity contribution in [3.63, 3.8) is 0 Å². The Morgan fingerprint density at radius 3 is 0.910 bits per heavy atom. The molecule has 0 saturated heterocycles. The van der Waals surface area contributed by atoms with Gasteiger partial charge in [-0.15, -0.1) is 0 Å². The zero-order chi connectivity index (χ0) is 56.4. The van der Waals surface area contributed by atoms with E-state index in [0.717, 1.165) is 38.5 Å². The second kappa shape index (κ2) is 67.8. The molecule has 0 bridgehead atoms. The number of carbonyl (C=O) groups is 2. The molecule has 78 heavy (non-hydrogen) atoms. The molecule has 0 aliphatic heterocycles. The van der Waals surface area contributed by atoms with Gasteiger partial charge in [-0.1, -0.05) is 353 Å². The number of carbonyl (C=O) groups excluding carboxylic acids is 2. The van der Waals surface area contributed by atoms with Gasteiger partial charge < -0.3 is 20.3 Å². The summed E-state index contributed by atoms with van der Waals surface area (Å²) < 4.78 is 5.49. The number of aliphatic hydroxyl groups excluding tert-OH is 2. The van der Waals surface area contributed by atoms with E-state index in [1.54, 1.807) is 6.08 Å². The van der Waals surface area contributed by atoms with Crippen molar-refractivity contribution in [2.45, 2.75) is 411 Å². The predicted molar refractivity (Wildman–Crippen MR) is 343 cm³/mol. The van der Waals surface area contributed by atoms with Gasteiger partial charge >= 0.3 is 5.97 Å². The van der Waals surface area contributed by atoms with Crippen LogP contribution in [0.2, 0.25) is 0 Å². The molecule has 0 aliphatic rings. The zero-order valence-electron chi connectivity index (χ0n) is 52.9. The van der Waals surface area contributed by atoms with Gasteiger partial charge in [0.15, 0.2) is 0 Å². The molecule has 0 radical (unpaired) electrons. The van der Waals surface area contributed by atoms with Gasteiger partial charge in [0.1, 0.15) is 0 Å². The number of ether oxygens (including phenoxy) is 1. The van der Waals surface area contributed by atoms with Gasteiger partial charge in [0, 0.05) is 12.8 Å². The van der Waals surface area contributed by atoms with Crippen molar-refractivity contribution in [1.82, 2.24) is 5.32 Å². The van der Waals surface area contributed by atoms with Crippen LogP contribution in [-0.2, 0) is 14.3 Å². The van der Waals surface area contributed by atoms with Crippen molar-refractivity contribution in [2.24, 2.45) is 0 Å². The lowest BCUT2D eigenvalue weighted by molar-refractivity contribution is -0.143. The predicted octanol–water partition coefficient (Wildman–Crippen LogP) is 22.9. The Labute approximate surface area is 488 Å². The third-order valence-corrected chi connectivity index (χ3v) is 16.7. The molecule has 6 heteroatoms. The molecule has 0 heterocycles. The lowest BCUT2D eigenvalue weighted by Crippen LogP contribution is -2.45. The van der Waals surface area contributed by atoms with Crippen LogP contribution in [0.3, 0.4) is 0 Å². The molecule has 6 nitrogen and oxygen atoms in total. The van der Waals surface area contributed by atoms with Crippen LogP contribution in [-0.4, -0.2) is 47.4 Å². The van der Waals surface area contributed by atoms with Crippen LogP contribution >= 0.6 is 0 Å². The van der Waals surface area contributed by atoms with Gasteiger partial charge in [-0.05, 0) is 57.8 Å². The zero-order valence-corrected chi connectivity index (χ0v) is 52.9. The molecular weight excluding hydrogens is 959 g/mol. The number of aliphatic hydroxyl groups is 2. The standard InChI is InChI=1S/C72H139NO5/c1-3-5-7-9-11-13-15-17-19-20-34-37-40-44-48-52-56-60-64-70(75)69(68-74)73-71(76)65-61-57-53-49-45-41-38-35-32-30-28-26-24-22-21-23-25-27-29-31-33-36-39-43-47-51-55-59-63-67-78-72(77)66-62-58-54-50-46-42-18-16-14-12-10-8-6-4-2/h21,23,60,64,69-70,74-75H,3-20,22,24-59,61-63,65-68H2,1-2H3,(H,73,76)/b23-21-,64-60+. The Kier molecular flexibility index (Phi) is 66.4. The van der Waals surface area contributed by atoms with Crippen molar-refractivity contribution in [1.29, 1.82) is 0 Å². The minimum atomic E-state index is -0.844. The molecule has 0 spiro atoms. The van der Waals surface area contributed by atoms with Gasteiger partial charge in [-0.2, -0.15) is 0 Å². The molecule has 0 aromatic rings. The second-order valence-electron chi connectivity index (χ2n) is 24.6. The number of allylic oxidation sites excluding steroid dienone is 3. The van der Waals surface area contributed by atoms with Crippen LogP contribution < -0.4 is 5.32 Å². The average Bonchev–Trinajstić information content (AvgIpc) is 3.44. The molecule has 0 saturated carbocycles. The summed E-state index contributed by atoms with van der Waals surface area (Å²) in [5.41, 5.74) is 0. The fourth-order valence-electron chi connectivity index (χ4n) is 11.3. The van der Waals surface area contributed by atoms with E-state index in [1.807, 2.05) is 6.08 Å². The minimum Gasteiger partial charge on any atom is -0.466 e. The maximum Gasteiger partial charge on any atom is 0.305 e. The Morgan fingerprint density at radius 1 is 0.346 bits per heavy atom. The number of hydrogen-bond donors (Lipinski definition) is 3. The summed E-state index contributed by atoms with van der Waals surface area (Å²) in [7, 11) is 0. The normalized spacial score (nSPS) is 12.6. The first-order valence-electron chi connectivity index (χ1n) is 35.6. The van der Waals surface area contributed by atoms with Crippen molar-refractivity contribution in [3.8, 4) is 0 Å². The van der Waals surface area contributed by atoms with Crippen LogP contribution in [0.15, 0.2) is 24.3 Å². The van der Waals surface area contributed by atoms with Crippen LogP contribution in [0, 0.1) is 0 Å². The van der Waals surface area contributed by atoms with E-state index in [9.17, 15) is 19.8 Å². The topological polar surface area (TPSA) is 95.9 Å². The number of rotatable bonds is 67. The Morgan fingerprint density at radius 2 is 0.603 bits per heavy atom. The van der Waals surface area contributed by atoms with E-state index >= 15 is 0 Å². The summed E-state index contributed by atoms with van der Waals surface area (Å²) in [6.07, 6.45) is 85.4. The summed E-state index contributed by atoms with van der Waals surface area (Å²) in [6, 6.07) is -0.627. The summed E-state index contributed by atoms with van der Waals surface area (Å²) in [4.78, 5) is 24.6. The average molecular weight is 1100 g/mol. The highest BCUT2D eigenvalue weighted by Gasteiger charge is 2.18. The van der Waals surface area contributed by atoms with E-state index in [2.05, 4.69) is 31.3 Å². The second-order valence-corrected chi connectivity index (χ2v) is 24.6. The maximum atomic E-state index is 12.5. The van der Waals surface area contributed by atoms with Crippen LogP contribution in [0.4, 0.5) is 0 Å². The number of unbranched alkanes of at least 4 members (excludes halogenated alkanes) is 54. The van der Waals surface area contributed by atoms with E-state index in [4.69, 9.17) is 4.74 Å². The molecule has 2 atom stereocenters. The smallest absolute Gasteiger partial charge is 0.305 e. The van der Waals surface area contributed by atoms with Gasteiger partial charge in [0.05, 0.1) is 25.4 Å². The Bertz CT molecular complexity index is 1220. The van der Waals surface area contributed by atoms with Crippen molar-refractivity contribution >= 4 is 11.9 Å². The summed E-state index contributed by atoms with van der Waals surface area (Å²) >= 11 is 0. The third-order valence-electron chi connectivity index (χ3n) is 16.7. The van der Waals surface area contributed by atoms with E-state index in [1.165, 1.54) is 334 Å². The van der Waals surface area contributed by atoms with E-state index < -0.39 is 12.1 Å². The molecule has 0 aliphatic carbocycles. The van der Waals surface area contributed by atoms with E-state index in [-0.39, 0.29) is 18.5 Å². The van der Waals surface area contributed by atoms with Crippen molar-refractivity contribution < 1.29 is 24.5 Å². The van der Waals surface area contributed by atoms with Crippen LogP contribution in [0.1, 0.15) is 399 Å². The minimum absolute atomic E-state index is 0.0191. The molecule has 0 aromatic heterocycles. The van der Waals surface area contributed by atoms with Gasteiger partial charge in [-0.25, -0.2) is 0 Å². The van der Waals surface area contributed by atoms with Crippen molar-refractivity contribution in [3.05, 3.63) is 24.3 Å². The van der Waals surface area contributed by atoms with Gasteiger partial charge in [0.25, 0.3) is 0 Å². The molecule has 1 amide bonds. The van der Waals surface area contributed by atoms with E-state index in [0.29, 0.717) is 19.4 Å². The fraction of sp³-hybridized carbons (Fsp3) is 0.917. The molecule has 3 N–H and O–H groups in total. The number of hydrogen-bond acceptors (Lipinski definition) is 5. The number of esters is 1. The summed E-state index contributed by atoms with van der Waals surface area (Å²) in [5.74, 6) is -0.0446. The first-order chi connectivity index (χ1) is 38.5. The number of amides is 1. The number of nitrogens with one attached hydrogen (secondary N) is 1. The van der Waals surface area contributed by atoms with Gasteiger partial charge in [0.2, 0.25) is 5.91 Å². The third kappa shape index (κ3) is 63.5. The van der Waals surface area contributed by atoms with Crippen molar-refractivity contribution in [2.75, 3.05) is 13.2 Å². The van der Waals surface area contributed by atoms with Crippen LogP contribution in [0.25, 0.3) is 0 Å². The monoisotopic (exact) mass is 1100 g/mol. The lowest BCUT2D eigenvalue weighted by atomic mass is 10.0. The molecule has 0 aromatic carbocycles. The first-order valence-corrected chi connectivity index (χ1v) is 35.6. The summed E-state index contributed by atoms with van der Waals surface area (Å²) in [6.45, 7) is 4.94. The summed E-state index contributed by atoms with van der Waals surface area (Å²) in [5, 5.41) is 23.2. The molecule has 0 rings (SSSR count). The Balaban J connectivity index is 3.38. The quantitative estimate of drug-likeness (QED) is 0.0320. The highest BCUT2D eigenvalue weighted by Crippen LogP contribution is 2.19. The lowest BCUT2D eigenvalue weighted by Gasteiger charge is -2.20. The largest absolute Gasteiger partial charge is 0.466 e. The highest BCUT2D eigenvalue weighted by molar-refractivity contribution is 5.76. The fourth-order valence-corrected chi connectivity index (χ4v) is 11.3. The van der Waals surface area contributed by atoms with Crippen LogP contribution in [0.5, 0.6) is 0 Å². The molecular formula is C72H139NO5. The molecule has 0 fully saturated rings. The molecule has 2 unspecified atom stereocenters. The first kappa shape index (κ1) is 76.3. The maximum absolute atomic E-state index is 12.5. The molecule has 462 valence electrons. The Hall–Kier alpha value is -1.66. The highest BCUT2D eigenvalue weighted by atomic mass is 16.5.